The van der Waals surface area contributed by atoms with Gasteiger partial charge in [0.15, 0.2) is 0 Å². The molecule has 0 aromatic heterocycles. The van der Waals surface area contributed by atoms with Crippen LogP contribution >= 0.6 is 7.82 Å². The number of phosphoric acid groups is 1. The SMILES string of the molecule is CC/C=C\C/C=C\C/C=C\C/C=C\C/C=C\C/C=C\CCCCCOCC(COP(=O)(O)OCC[N+](C)(C)C)OC(=O)CCCCCCCC. The van der Waals surface area contributed by atoms with Gasteiger partial charge in [-0.3, -0.25) is 13.8 Å². The highest BCUT2D eigenvalue weighted by molar-refractivity contribution is 7.47. The van der Waals surface area contributed by atoms with E-state index in [1.165, 1.54) is 19.3 Å². The molecule has 0 aliphatic rings. The topological polar surface area (TPSA) is 91.3 Å². The largest absolute Gasteiger partial charge is 0.472 e. The van der Waals surface area contributed by atoms with E-state index in [1.807, 2.05) is 21.1 Å². The molecule has 0 saturated carbocycles. The van der Waals surface area contributed by atoms with Crippen LogP contribution in [0.3, 0.4) is 0 Å². The Morgan fingerprint density at radius 1 is 0.640 bits per heavy atom. The van der Waals surface area contributed by atoms with Crippen molar-refractivity contribution in [2.45, 2.75) is 129 Å². The second kappa shape index (κ2) is 34.0. The standard InChI is InChI=1S/C41H72NO7P/c1-6-8-10-12-14-15-16-17-18-19-20-21-22-23-24-25-26-27-28-29-31-33-36-46-38-40(49-41(43)34-32-30-13-11-9-7-2)39-48-50(44,45)47-37-35-42(3,4)5/h8,10,14-15,17-18,20-21,23-24,26-27,40H,6-7,9,11-13,16,19,22,25,28-39H2,1-5H3/p+1/b10-8-,15-14-,18-17-,21-20-,24-23-,27-26-. The van der Waals surface area contributed by atoms with Crippen molar-refractivity contribution in [3.8, 4) is 0 Å². The molecule has 0 heterocycles. The number of ether oxygens (including phenoxy) is 2. The fourth-order valence-electron chi connectivity index (χ4n) is 4.55. The summed E-state index contributed by atoms with van der Waals surface area (Å²) >= 11 is 0. The molecule has 0 rings (SSSR count). The number of hydrogen-bond acceptors (Lipinski definition) is 6. The summed E-state index contributed by atoms with van der Waals surface area (Å²) in [5, 5.41) is 0. The molecule has 288 valence electrons. The van der Waals surface area contributed by atoms with E-state index < -0.39 is 13.9 Å². The molecule has 0 bridgehead atoms. The first-order valence-corrected chi connectivity index (χ1v) is 20.7. The molecule has 2 unspecified atom stereocenters. The lowest BCUT2D eigenvalue weighted by Gasteiger charge is -2.24. The Labute approximate surface area is 306 Å². The van der Waals surface area contributed by atoms with Crippen LogP contribution in [0.15, 0.2) is 72.9 Å². The van der Waals surface area contributed by atoms with Crippen LogP contribution in [0.4, 0.5) is 0 Å². The van der Waals surface area contributed by atoms with E-state index >= 15 is 0 Å². The first-order valence-electron chi connectivity index (χ1n) is 19.2. The molecule has 0 aromatic rings. The van der Waals surface area contributed by atoms with Gasteiger partial charge in [-0.05, 0) is 64.2 Å². The van der Waals surface area contributed by atoms with Gasteiger partial charge in [-0.15, -0.1) is 0 Å². The minimum atomic E-state index is -4.27. The second-order valence-electron chi connectivity index (χ2n) is 13.6. The van der Waals surface area contributed by atoms with Crippen molar-refractivity contribution in [2.24, 2.45) is 0 Å². The van der Waals surface area contributed by atoms with Crippen molar-refractivity contribution >= 4 is 13.8 Å². The lowest BCUT2D eigenvalue weighted by molar-refractivity contribution is -0.870. The quantitative estimate of drug-likeness (QED) is 0.0232. The lowest BCUT2D eigenvalue weighted by atomic mass is 10.1. The molecule has 9 heteroatoms. The number of phosphoric ester groups is 1. The molecular formula is C41H73NO7P+. The molecule has 0 fully saturated rings. The second-order valence-corrected chi connectivity index (χ2v) is 15.0. The number of esters is 1. The van der Waals surface area contributed by atoms with Crippen LogP contribution in [-0.2, 0) is 27.9 Å². The van der Waals surface area contributed by atoms with Crippen LogP contribution < -0.4 is 0 Å². The highest BCUT2D eigenvalue weighted by Crippen LogP contribution is 2.43. The first kappa shape index (κ1) is 47.9. The number of rotatable bonds is 34. The monoisotopic (exact) mass is 723 g/mol. The van der Waals surface area contributed by atoms with Crippen LogP contribution in [0.5, 0.6) is 0 Å². The van der Waals surface area contributed by atoms with E-state index in [0.717, 1.165) is 83.5 Å². The number of quaternary nitrogens is 1. The zero-order valence-electron chi connectivity index (χ0n) is 32.4. The number of unbranched alkanes of at least 4 members (excludes halogenated alkanes) is 8. The van der Waals surface area contributed by atoms with E-state index in [9.17, 15) is 14.3 Å². The zero-order valence-corrected chi connectivity index (χ0v) is 33.2. The Hall–Kier alpha value is -2.06. The third-order valence-electron chi connectivity index (χ3n) is 7.53. The number of carbonyl (C=O) groups is 1. The summed E-state index contributed by atoms with van der Waals surface area (Å²) in [6, 6.07) is 0. The number of allylic oxidation sites excluding steroid dienone is 12. The Morgan fingerprint density at radius 2 is 1.16 bits per heavy atom. The molecule has 50 heavy (non-hydrogen) atoms. The summed E-state index contributed by atoms with van der Waals surface area (Å²) in [7, 11) is 1.63. The van der Waals surface area contributed by atoms with Gasteiger partial charge in [-0.1, -0.05) is 125 Å². The maximum absolute atomic E-state index is 12.5. The van der Waals surface area contributed by atoms with Crippen LogP contribution in [0, 0.1) is 0 Å². The van der Waals surface area contributed by atoms with Gasteiger partial charge in [0.1, 0.15) is 19.3 Å². The number of likely N-dealkylation sites (N-methyl/N-ethyl adjacent to an activating group) is 1. The van der Waals surface area contributed by atoms with Gasteiger partial charge < -0.3 is 18.9 Å². The summed E-state index contributed by atoms with van der Waals surface area (Å²) in [6.07, 6.45) is 42.5. The molecule has 0 aromatic carbocycles. The average molecular weight is 723 g/mol. The summed E-state index contributed by atoms with van der Waals surface area (Å²) in [6.45, 7) is 5.32. The van der Waals surface area contributed by atoms with Gasteiger partial charge in [0.25, 0.3) is 0 Å². The fraction of sp³-hybridized carbons (Fsp3) is 0.683. The molecule has 8 nitrogen and oxygen atoms in total. The average Bonchev–Trinajstić information content (AvgIpc) is 3.06. The molecule has 2 atom stereocenters. The summed E-state index contributed by atoms with van der Waals surface area (Å²) in [4.78, 5) is 22.6. The first-order chi connectivity index (χ1) is 24.1. The molecule has 0 aliphatic heterocycles. The molecule has 0 saturated heterocycles. The molecule has 0 radical (unpaired) electrons. The summed E-state index contributed by atoms with van der Waals surface area (Å²) < 4.78 is 34.6. The van der Waals surface area contributed by atoms with Gasteiger partial charge in [0, 0.05) is 13.0 Å². The van der Waals surface area contributed by atoms with E-state index in [1.54, 1.807) is 0 Å². The number of carbonyl (C=O) groups excluding carboxylic acids is 1. The maximum atomic E-state index is 12.5. The van der Waals surface area contributed by atoms with Gasteiger partial charge in [0.2, 0.25) is 0 Å². The molecule has 0 aliphatic carbocycles. The summed E-state index contributed by atoms with van der Waals surface area (Å²) in [5.41, 5.74) is 0. The van der Waals surface area contributed by atoms with Crippen molar-refractivity contribution in [1.82, 2.24) is 0 Å². The lowest BCUT2D eigenvalue weighted by Crippen LogP contribution is -2.37. The van der Waals surface area contributed by atoms with Gasteiger partial charge in [-0.25, -0.2) is 4.57 Å². The Bertz CT molecular complexity index is 1030. The van der Waals surface area contributed by atoms with Crippen LogP contribution in [0.1, 0.15) is 123 Å². The minimum Gasteiger partial charge on any atom is -0.457 e. The van der Waals surface area contributed by atoms with Crippen molar-refractivity contribution in [2.75, 3.05) is 54.1 Å². The number of hydrogen-bond donors (Lipinski definition) is 1. The van der Waals surface area contributed by atoms with E-state index in [-0.39, 0.29) is 25.8 Å². The van der Waals surface area contributed by atoms with E-state index in [0.29, 0.717) is 24.1 Å². The van der Waals surface area contributed by atoms with Crippen LogP contribution in [0.25, 0.3) is 0 Å². The van der Waals surface area contributed by atoms with Crippen molar-refractivity contribution in [3.05, 3.63) is 72.9 Å². The normalized spacial score (nSPS) is 14.8. The third kappa shape index (κ3) is 37.2. The molecular weight excluding hydrogens is 649 g/mol. The van der Waals surface area contributed by atoms with Gasteiger partial charge in [-0.2, -0.15) is 0 Å². The smallest absolute Gasteiger partial charge is 0.457 e. The van der Waals surface area contributed by atoms with Crippen molar-refractivity contribution in [1.29, 1.82) is 0 Å². The Kier molecular flexibility index (Phi) is 32.6. The minimum absolute atomic E-state index is 0.0782. The predicted octanol–water partition coefficient (Wildman–Crippen LogP) is 10.8. The highest BCUT2D eigenvalue weighted by atomic mass is 31.2. The van der Waals surface area contributed by atoms with E-state index in [4.69, 9.17) is 18.5 Å². The predicted molar refractivity (Wildman–Crippen MR) is 210 cm³/mol. The molecule has 1 N–H and O–H groups in total. The van der Waals surface area contributed by atoms with Gasteiger partial charge in [0.05, 0.1) is 34.4 Å². The van der Waals surface area contributed by atoms with E-state index in [2.05, 4.69) is 86.8 Å². The Morgan fingerprint density at radius 3 is 1.72 bits per heavy atom. The maximum Gasteiger partial charge on any atom is 0.472 e. The van der Waals surface area contributed by atoms with Crippen molar-refractivity contribution in [3.63, 3.8) is 0 Å². The molecule has 0 amide bonds. The Balaban J connectivity index is 4.23. The fourth-order valence-corrected chi connectivity index (χ4v) is 5.29. The van der Waals surface area contributed by atoms with Crippen molar-refractivity contribution < 1.29 is 37.3 Å². The molecule has 0 spiro atoms. The summed E-state index contributed by atoms with van der Waals surface area (Å²) in [5.74, 6) is -0.340. The van der Waals surface area contributed by atoms with Crippen LogP contribution in [-0.4, -0.2) is 75.6 Å². The van der Waals surface area contributed by atoms with Gasteiger partial charge >= 0.3 is 13.8 Å². The number of nitrogens with zero attached hydrogens (tertiary/aromatic N) is 1. The third-order valence-corrected chi connectivity index (χ3v) is 8.52. The highest BCUT2D eigenvalue weighted by Gasteiger charge is 2.26. The zero-order chi connectivity index (χ0) is 37.0. The van der Waals surface area contributed by atoms with Crippen LogP contribution in [0.2, 0.25) is 0 Å².